The van der Waals surface area contributed by atoms with E-state index < -0.39 is 23.4 Å². The Morgan fingerprint density at radius 2 is 1.46 bits per heavy atom. The predicted molar refractivity (Wildman–Crippen MR) is 88.8 cm³/mol. The summed E-state index contributed by atoms with van der Waals surface area (Å²) in [5.74, 6) is -3.94. The summed E-state index contributed by atoms with van der Waals surface area (Å²) in [6.45, 7) is 3.90. The first-order valence-electron chi connectivity index (χ1n) is 7.64. The molecule has 0 heterocycles. The van der Waals surface area contributed by atoms with Gasteiger partial charge in [0.15, 0.2) is 11.6 Å². The molecule has 0 fully saturated rings. The van der Waals surface area contributed by atoms with Crippen LogP contribution in [0.3, 0.4) is 0 Å². The summed E-state index contributed by atoms with van der Waals surface area (Å²) in [7, 11) is 0. The molecule has 2 amide bonds. The Hall–Kier alpha value is -2.76. The van der Waals surface area contributed by atoms with Crippen LogP contribution in [0, 0.1) is 11.6 Å². The van der Waals surface area contributed by atoms with Gasteiger partial charge in [0.05, 0.1) is 0 Å². The number of aryl methyl sites for hydroxylation is 2. The van der Waals surface area contributed by atoms with Crippen LogP contribution in [0.2, 0.25) is 0 Å². The van der Waals surface area contributed by atoms with Gasteiger partial charge in [-0.15, -0.1) is 0 Å². The molecule has 2 N–H and O–H groups in total. The van der Waals surface area contributed by atoms with Gasteiger partial charge in [0.2, 0.25) is 0 Å². The zero-order chi connectivity index (χ0) is 17.7. The second-order valence-corrected chi connectivity index (χ2v) is 5.20. The van der Waals surface area contributed by atoms with Gasteiger partial charge in [0, 0.05) is 17.4 Å². The molecule has 0 aromatic heterocycles. The third-order valence-electron chi connectivity index (χ3n) is 3.62. The molecule has 0 unspecified atom stereocenters. The van der Waals surface area contributed by atoms with E-state index in [0.29, 0.717) is 18.5 Å². The van der Waals surface area contributed by atoms with E-state index in [1.54, 1.807) is 0 Å². The maximum Gasteiger partial charge on any atom is 0.314 e. The molecule has 0 bridgehead atoms. The number of benzene rings is 2. The number of halogens is 2. The average Bonchev–Trinajstić information content (AvgIpc) is 2.58. The monoisotopic (exact) mass is 332 g/mol. The van der Waals surface area contributed by atoms with Crippen molar-refractivity contribution >= 4 is 23.2 Å². The highest BCUT2D eigenvalue weighted by Crippen LogP contribution is 2.22. The molecule has 0 aliphatic rings. The fraction of sp³-hybridized carbons (Fsp3) is 0.222. The van der Waals surface area contributed by atoms with Gasteiger partial charge in [-0.05, 0) is 36.1 Å². The Bertz CT molecular complexity index is 753. The summed E-state index contributed by atoms with van der Waals surface area (Å²) in [5.41, 5.74) is 2.47. The van der Waals surface area contributed by atoms with E-state index >= 15 is 0 Å². The molecule has 0 atom stereocenters. The molecule has 0 aliphatic heterocycles. The summed E-state index contributed by atoms with van der Waals surface area (Å²) in [5, 5.41) is 4.86. The zero-order valence-corrected chi connectivity index (χ0v) is 13.5. The highest BCUT2D eigenvalue weighted by molar-refractivity contribution is 6.43. The first-order chi connectivity index (χ1) is 11.5. The third kappa shape index (κ3) is 3.95. The van der Waals surface area contributed by atoms with Crippen LogP contribution in [0.5, 0.6) is 0 Å². The first kappa shape index (κ1) is 17.6. The van der Waals surface area contributed by atoms with E-state index in [0.717, 1.165) is 23.3 Å². The van der Waals surface area contributed by atoms with E-state index in [4.69, 9.17) is 0 Å². The van der Waals surface area contributed by atoms with Crippen LogP contribution in [0.15, 0.2) is 36.4 Å². The van der Waals surface area contributed by atoms with Crippen molar-refractivity contribution in [3.63, 3.8) is 0 Å². The van der Waals surface area contributed by atoms with Gasteiger partial charge in [-0.1, -0.05) is 32.0 Å². The zero-order valence-electron chi connectivity index (χ0n) is 13.5. The van der Waals surface area contributed by atoms with E-state index in [1.165, 1.54) is 6.07 Å². The lowest BCUT2D eigenvalue weighted by Gasteiger charge is -2.14. The maximum absolute atomic E-state index is 13.1. The predicted octanol–water partition coefficient (Wildman–Crippen LogP) is 3.67. The number of hydrogen-bond acceptors (Lipinski definition) is 2. The molecular formula is C18H18F2N2O2. The molecule has 126 valence electrons. The lowest BCUT2D eigenvalue weighted by Crippen LogP contribution is -2.30. The lowest BCUT2D eigenvalue weighted by molar-refractivity contribution is -0.133. The number of para-hydroxylation sites is 1. The maximum atomic E-state index is 13.1. The summed E-state index contributed by atoms with van der Waals surface area (Å²) in [6, 6.07) is 8.53. The fourth-order valence-corrected chi connectivity index (χ4v) is 2.34. The van der Waals surface area contributed by atoms with Crippen molar-refractivity contribution in [2.45, 2.75) is 26.7 Å². The molecule has 4 nitrogen and oxygen atoms in total. The Kier molecular flexibility index (Phi) is 5.63. The van der Waals surface area contributed by atoms with Gasteiger partial charge in [0.25, 0.3) is 0 Å². The number of hydrogen-bond donors (Lipinski definition) is 2. The van der Waals surface area contributed by atoms with E-state index in [9.17, 15) is 18.4 Å². The Morgan fingerprint density at radius 1 is 0.875 bits per heavy atom. The van der Waals surface area contributed by atoms with Crippen LogP contribution >= 0.6 is 0 Å². The molecule has 0 saturated carbocycles. The van der Waals surface area contributed by atoms with Crippen molar-refractivity contribution in [2.24, 2.45) is 0 Å². The number of carbonyl (C=O) groups is 2. The number of anilines is 2. The van der Waals surface area contributed by atoms with Gasteiger partial charge < -0.3 is 10.6 Å². The number of carbonyl (C=O) groups excluding carboxylic acids is 2. The highest BCUT2D eigenvalue weighted by atomic mass is 19.2. The summed E-state index contributed by atoms with van der Waals surface area (Å²) in [4.78, 5) is 24.1. The summed E-state index contributed by atoms with van der Waals surface area (Å²) >= 11 is 0. The minimum atomic E-state index is -1.10. The second-order valence-electron chi connectivity index (χ2n) is 5.20. The molecule has 0 aliphatic carbocycles. The van der Waals surface area contributed by atoms with Crippen molar-refractivity contribution in [3.8, 4) is 0 Å². The first-order valence-corrected chi connectivity index (χ1v) is 7.64. The van der Waals surface area contributed by atoms with Crippen molar-refractivity contribution in [1.29, 1.82) is 0 Å². The average molecular weight is 332 g/mol. The minimum Gasteiger partial charge on any atom is -0.318 e. The molecule has 2 aromatic rings. The van der Waals surface area contributed by atoms with E-state index in [2.05, 4.69) is 10.6 Å². The summed E-state index contributed by atoms with van der Waals surface area (Å²) < 4.78 is 26.0. The van der Waals surface area contributed by atoms with Crippen LogP contribution in [0.1, 0.15) is 25.0 Å². The number of nitrogens with one attached hydrogen (secondary N) is 2. The quantitative estimate of drug-likeness (QED) is 0.840. The number of amides is 2. The van der Waals surface area contributed by atoms with Gasteiger partial charge >= 0.3 is 11.8 Å². The van der Waals surface area contributed by atoms with Gasteiger partial charge in [-0.2, -0.15) is 0 Å². The van der Waals surface area contributed by atoms with Crippen LogP contribution in [0.4, 0.5) is 20.2 Å². The highest BCUT2D eigenvalue weighted by Gasteiger charge is 2.17. The molecule has 0 radical (unpaired) electrons. The van der Waals surface area contributed by atoms with Crippen LogP contribution in [-0.2, 0) is 22.4 Å². The van der Waals surface area contributed by atoms with E-state index in [1.807, 2.05) is 32.0 Å². The Labute approximate surface area is 138 Å². The second kappa shape index (κ2) is 7.68. The summed E-state index contributed by atoms with van der Waals surface area (Å²) in [6.07, 6.45) is 1.41. The smallest absolute Gasteiger partial charge is 0.314 e. The third-order valence-corrected chi connectivity index (χ3v) is 3.62. The standard InChI is InChI=1S/C18H18F2N2O2/c1-3-11-6-5-7-12(4-2)16(11)22-18(24)17(23)21-13-8-9-14(19)15(20)10-13/h5-10H,3-4H2,1-2H3,(H,21,23)(H,22,24). The molecule has 2 aromatic carbocycles. The minimum absolute atomic E-state index is 0.00791. The van der Waals surface area contributed by atoms with Crippen molar-refractivity contribution in [3.05, 3.63) is 59.2 Å². The molecule has 6 heteroatoms. The number of rotatable bonds is 4. The molecule has 24 heavy (non-hydrogen) atoms. The van der Waals surface area contributed by atoms with Crippen LogP contribution in [-0.4, -0.2) is 11.8 Å². The van der Waals surface area contributed by atoms with Gasteiger partial charge in [0.1, 0.15) is 0 Å². The molecule has 0 spiro atoms. The largest absolute Gasteiger partial charge is 0.318 e. The molecule has 0 saturated heterocycles. The van der Waals surface area contributed by atoms with E-state index in [-0.39, 0.29) is 5.69 Å². The van der Waals surface area contributed by atoms with Crippen molar-refractivity contribution < 1.29 is 18.4 Å². The fourth-order valence-electron chi connectivity index (χ4n) is 2.34. The lowest BCUT2D eigenvalue weighted by atomic mass is 10.0. The topological polar surface area (TPSA) is 58.2 Å². The van der Waals surface area contributed by atoms with Crippen molar-refractivity contribution in [1.82, 2.24) is 0 Å². The SMILES string of the molecule is CCc1cccc(CC)c1NC(=O)C(=O)Nc1ccc(F)c(F)c1. The van der Waals surface area contributed by atoms with Crippen molar-refractivity contribution in [2.75, 3.05) is 10.6 Å². The molecular weight excluding hydrogens is 314 g/mol. The molecule has 2 rings (SSSR count). The van der Waals surface area contributed by atoms with Gasteiger partial charge in [-0.25, -0.2) is 8.78 Å². The Balaban J connectivity index is 2.15. The van der Waals surface area contributed by atoms with Crippen LogP contribution < -0.4 is 10.6 Å². The van der Waals surface area contributed by atoms with Gasteiger partial charge in [-0.3, -0.25) is 9.59 Å². The normalized spacial score (nSPS) is 10.3. The van der Waals surface area contributed by atoms with Crippen LogP contribution in [0.25, 0.3) is 0 Å². The Morgan fingerprint density at radius 3 is 2.00 bits per heavy atom.